The molecular weight excluding hydrogens is 364 g/mol. The molecule has 0 unspecified atom stereocenters. The van der Waals surface area contributed by atoms with E-state index < -0.39 is 17.4 Å². The van der Waals surface area contributed by atoms with Gasteiger partial charge in [0, 0.05) is 6.07 Å². The van der Waals surface area contributed by atoms with E-state index in [9.17, 15) is 9.59 Å². The molecular formula is C19H22N4O5. The summed E-state index contributed by atoms with van der Waals surface area (Å²) >= 11 is 0. The van der Waals surface area contributed by atoms with Crippen LogP contribution < -0.4 is 30.2 Å². The van der Waals surface area contributed by atoms with Crippen LogP contribution in [0.1, 0.15) is 13.8 Å². The lowest BCUT2D eigenvalue weighted by Crippen LogP contribution is -2.54. The van der Waals surface area contributed by atoms with Crippen LogP contribution in [0, 0.1) is 0 Å². The molecule has 3 N–H and O–H groups in total. The highest BCUT2D eigenvalue weighted by atomic mass is 16.5. The van der Waals surface area contributed by atoms with Gasteiger partial charge < -0.3 is 25.3 Å². The van der Waals surface area contributed by atoms with Crippen molar-refractivity contribution in [2.45, 2.75) is 19.4 Å². The Morgan fingerprint density at radius 3 is 2.68 bits per heavy atom. The molecule has 3 rings (SSSR count). The fourth-order valence-electron chi connectivity index (χ4n) is 2.84. The van der Waals surface area contributed by atoms with Crippen molar-refractivity contribution in [3.8, 4) is 17.2 Å². The minimum atomic E-state index is -1.14. The lowest BCUT2D eigenvalue weighted by Gasteiger charge is -2.37. The van der Waals surface area contributed by atoms with E-state index in [1.165, 1.54) is 19.1 Å². The molecule has 1 aliphatic rings. The van der Waals surface area contributed by atoms with Gasteiger partial charge in [-0.3, -0.25) is 14.5 Å². The molecule has 0 bridgehead atoms. The second-order valence-corrected chi connectivity index (χ2v) is 6.68. The largest absolute Gasteiger partial charge is 0.497 e. The van der Waals surface area contributed by atoms with Crippen molar-refractivity contribution >= 4 is 29.1 Å². The summed E-state index contributed by atoms with van der Waals surface area (Å²) < 4.78 is 16.1. The molecule has 9 heteroatoms. The van der Waals surface area contributed by atoms with E-state index in [4.69, 9.17) is 19.9 Å². The molecule has 0 saturated carbocycles. The van der Waals surface area contributed by atoms with Crippen molar-refractivity contribution in [3.63, 3.8) is 0 Å². The number of nitrogen functional groups attached to an aromatic ring is 1. The van der Waals surface area contributed by atoms with E-state index in [1.54, 1.807) is 44.2 Å². The summed E-state index contributed by atoms with van der Waals surface area (Å²) in [5.74, 6) is 1.02. The highest BCUT2D eigenvalue weighted by molar-refractivity contribution is 6.07. The molecule has 2 heterocycles. The van der Waals surface area contributed by atoms with E-state index >= 15 is 0 Å². The molecule has 2 amide bonds. The average molecular weight is 386 g/mol. The van der Waals surface area contributed by atoms with Crippen molar-refractivity contribution in [3.05, 3.63) is 30.3 Å². The summed E-state index contributed by atoms with van der Waals surface area (Å²) in [7, 11) is 3.02. The quantitative estimate of drug-likeness (QED) is 0.805. The Labute approximate surface area is 162 Å². The van der Waals surface area contributed by atoms with Crippen LogP contribution in [0.3, 0.4) is 0 Å². The maximum atomic E-state index is 12.8. The number of carbonyl (C=O) groups is 2. The summed E-state index contributed by atoms with van der Waals surface area (Å²) in [5, 5.41) is 2.74. The molecule has 0 saturated heterocycles. The third-order valence-corrected chi connectivity index (χ3v) is 4.23. The van der Waals surface area contributed by atoms with E-state index in [1.807, 2.05) is 0 Å². The topological polar surface area (TPSA) is 116 Å². The number of nitrogens with one attached hydrogen (secondary N) is 1. The van der Waals surface area contributed by atoms with Crippen LogP contribution in [0.25, 0.3) is 0 Å². The number of amides is 2. The third kappa shape index (κ3) is 3.64. The van der Waals surface area contributed by atoms with Gasteiger partial charge in [-0.1, -0.05) is 0 Å². The molecule has 28 heavy (non-hydrogen) atoms. The number of hydrogen-bond donors (Lipinski definition) is 2. The van der Waals surface area contributed by atoms with Gasteiger partial charge in [0.1, 0.15) is 23.9 Å². The number of methoxy groups -OCH3 is 2. The van der Waals surface area contributed by atoms with E-state index in [0.717, 1.165) is 0 Å². The van der Waals surface area contributed by atoms with Gasteiger partial charge in [0.15, 0.2) is 17.2 Å². The standard InChI is InChI=1S/C19H22N4O5/c1-19(2)18(25)23(17-13(28-19)7-8-15(20)22-17)10-16(24)21-12-6-5-11(26-3)9-14(12)27-4/h5-9H,10H2,1-4H3,(H2,20,22)(H,21,24). The normalized spacial score (nSPS) is 14.7. The molecule has 148 valence electrons. The molecule has 0 aliphatic carbocycles. The number of anilines is 3. The van der Waals surface area contributed by atoms with Crippen LogP contribution in [0.15, 0.2) is 30.3 Å². The highest BCUT2D eigenvalue weighted by Crippen LogP contribution is 2.37. The summed E-state index contributed by atoms with van der Waals surface area (Å²) in [5.41, 5.74) is 5.06. The lowest BCUT2D eigenvalue weighted by molar-refractivity contribution is -0.133. The van der Waals surface area contributed by atoms with E-state index in [-0.39, 0.29) is 18.2 Å². The first-order valence-electron chi connectivity index (χ1n) is 8.54. The predicted octanol–water partition coefficient (Wildman–Crippen LogP) is 1.82. The highest BCUT2D eigenvalue weighted by Gasteiger charge is 2.42. The summed E-state index contributed by atoms with van der Waals surface area (Å²) in [6.45, 7) is 3.00. The Balaban J connectivity index is 1.86. The first-order valence-corrected chi connectivity index (χ1v) is 8.54. The third-order valence-electron chi connectivity index (χ3n) is 4.23. The number of pyridine rings is 1. The molecule has 1 aromatic heterocycles. The first-order chi connectivity index (χ1) is 13.2. The number of carbonyl (C=O) groups excluding carboxylic acids is 2. The first kappa shape index (κ1) is 19.3. The molecule has 0 spiro atoms. The smallest absolute Gasteiger partial charge is 0.272 e. The number of fused-ring (bicyclic) bond motifs is 1. The SMILES string of the molecule is COc1ccc(NC(=O)CN2C(=O)C(C)(C)Oc3ccc(N)nc32)c(OC)c1. The summed E-state index contributed by atoms with van der Waals surface area (Å²) in [4.78, 5) is 30.9. The van der Waals surface area contributed by atoms with E-state index in [0.29, 0.717) is 22.9 Å². The number of benzene rings is 1. The van der Waals surface area contributed by atoms with Gasteiger partial charge in [0.05, 0.1) is 19.9 Å². The zero-order valence-corrected chi connectivity index (χ0v) is 16.1. The molecule has 2 aromatic rings. The molecule has 0 atom stereocenters. The number of aromatic nitrogens is 1. The zero-order chi connectivity index (χ0) is 20.5. The van der Waals surface area contributed by atoms with Crippen molar-refractivity contribution in [2.75, 3.05) is 36.7 Å². The Morgan fingerprint density at radius 2 is 2.00 bits per heavy atom. The molecule has 9 nitrogen and oxygen atoms in total. The molecule has 0 fully saturated rings. The van der Waals surface area contributed by atoms with Crippen LogP contribution in [0.2, 0.25) is 0 Å². The van der Waals surface area contributed by atoms with Crippen molar-refractivity contribution in [1.82, 2.24) is 4.98 Å². The number of nitrogens with two attached hydrogens (primary N) is 1. The number of ether oxygens (including phenoxy) is 3. The maximum absolute atomic E-state index is 12.8. The van der Waals surface area contributed by atoms with Crippen molar-refractivity contribution < 1.29 is 23.8 Å². The summed E-state index contributed by atoms with van der Waals surface area (Å²) in [6, 6.07) is 8.20. The fourth-order valence-corrected chi connectivity index (χ4v) is 2.84. The van der Waals surface area contributed by atoms with Gasteiger partial charge >= 0.3 is 0 Å². The second-order valence-electron chi connectivity index (χ2n) is 6.68. The average Bonchev–Trinajstić information content (AvgIpc) is 2.66. The van der Waals surface area contributed by atoms with Gasteiger partial charge in [-0.05, 0) is 38.1 Å². The van der Waals surface area contributed by atoms with Gasteiger partial charge in [0.25, 0.3) is 5.91 Å². The monoisotopic (exact) mass is 386 g/mol. The number of hydrogen-bond acceptors (Lipinski definition) is 7. The minimum Gasteiger partial charge on any atom is -0.497 e. The van der Waals surface area contributed by atoms with Crippen LogP contribution in [-0.2, 0) is 9.59 Å². The van der Waals surface area contributed by atoms with Gasteiger partial charge in [-0.25, -0.2) is 4.98 Å². The molecule has 1 aliphatic heterocycles. The zero-order valence-electron chi connectivity index (χ0n) is 16.1. The van der Waals surface area contributed by atoms with Crippen LogP contribution in [0.4, 0.5) is 17.3 Å². The molecule has 1 aromatic carbocycles. The fraction of sp³-hybridized carbons (Fsp3) is 0.316. The lowest BCUT2D eigenvalue weighted by atomic mass is 10.1. The predicted molar refractivity (Wildman–Crippen MR) is 104 cm³/mol. The Morgan fingerprint density at radius 1 is 1.25 bits per heavy atom. The minimum absolute atomic E-state index is 0.209. The molecule has 0 radical (unpaired) electrons. The van der Waals surface area contributed by atoms with Gasteiger partial charge in [-0.15, -0.1) is 0 Å². The number of rotatable bonds is 5. The van der Waals surface area contributed by atoms with Crippen molar-refractivity contribution in [2.24, 2.45) is 0 Å². The van der Waals surface area contributed by atoms with Gasteiger partial charge in [-0.2, -0.15) is 0 Å². The van der Waals surface area contributed by atoms with Crippen molar-refractivity contribution in [1.29, 1.82) is 0 Å². The summed E-state index contributed by atoms with van der Waals surface area (Å²) in [6.07, 6.45) is 0. The number of nitrogens with zero attached hydrogens (tertiary/aromatic N) is 2. The maximum Gasteiger partial charge on any atom is 0.272 e. The Hall–Kier alpha value is -3.49. The van der Waals surface area contributed by atoms with Crippen LogP contribution in [0.5, 0.6) is 17.2 Å². The van der Waals surface area contributed by atoms with Gasteiger partial charge in [0.2, 0.25) is 5.91 Å². The Bertz CT molecular complexity index is 929. The second kappa shape index (κ2) is 7.26. The van der Waals surface area contributed by atoms with E-state index in [2.05, 4.69) is 10.3 Å². The van der Waals surface area contributed by atoms with Crippen LogP contribution >= 0.6 is 0 Å². The van der Waals surface area contributed by atoms with Crippen LogP contribution in [-0.4, -0.2) is 43.2 Å². The Kier molecular flexibility index (Phi) is 5.00.